The molecule has 0 fully saturated rings. The minimum atomic E-state index is -0.270. The van der Waals surface area contributed by atoms with Gasteiger partial charge in [0.2, 0.25) is 0 Å². The van der Waals surface area contributed by atoms with Gasteiger partial charge >= 0.3 is 0 Å². The van der Waals surface area contributed by atoms with Crippen molar-refractivity contribution in [3.63, 3.8) is 0 Å². The highest BCUT2D eigenvalue weighted by molar-refractivity contribution is 7.80. The Morgan fingerprint density at radius 1 is 1.06 bits per heavy atom. The molecule has 0 bridgehead atoms. The van der Waals surface area contributed by atoms with Gasteiger partial charge in [-0.15, -0.1) is 10.2 Å². The standard InChI is InChI=1S/C23H20ClN5O2S/c1-3-14-4-6-15(7-5-14)22(30)26-23(32)25-16-8-10-19-20(12-16)28-29(27-19)17-9-11-21(31-2)18(24)13-17/h4-13H,3H2,1-2H3,(H2,25,26,30,32). The van der Waals surface area contributed by atoms with Crippen molar-refractivity contribution in [3.8, 4) is 11.4 Å². The molecule has 32 heavy (non-hydrogen) atoms. The van der Waals surface area contributed by atoms with Gasteiger partial charge in [-0.3, -0.25) is 10.1 Å². The molecule has 0 saturated carbocycles. The van der Waals surface area contributed by atoms with E-state index in [4.69, 9.17) is 28.6 Å². The third-order valence-corrected chi connectivity index (χ3v) is 5.36. The number of rotatable bonds is 5. The van der Waals surface area contributed by atoms with Crippen LogP contribution in [0.25, 0.3) is 16.7 Å². The SMILES string of the molecule is CCc1ccc(C(=O)NC(=S)Nc2ccc3nn(-c4ccc(OC)c(Cl)c4)nc3c2)cc1. The Balaban J connectivity index is 1.47. The van der Waals surface area contributed by atoms with Gasteiger partial charge in [-0.05, 0) is 72.7 Å². The lowest BCUT2D eigenvalue weighted by molar-refractivity contribution is 0.0977. The molecule has 162 valence electrons. The van der Waals surface area contributed by atoms with E-state index in [1.54, 1.807) is 37.4 Å². The monoisotopic (exact) mass is 465 g/mol. The molecule has 0 atom stereocenters. The number of aryl methyl sites for hydroxylation is 1. The van der Waals surface area contributed by atoms with Crippen LogP contribution in [0.1, 0.15) is 22.8 Å². The van der Waals surface area contributed by atoms with Crippen LogP contribution in [-0.2, 0) is 6.42 Å². The van der Waals surface area contributed by atoms with Gasteiger partial charge in [0.1, 0.15) is 16.8 Å². The van der Waals surface area contributed by atoms with Gasteiger partial charge in [-0.2, -0.15) is 4.80 Å². The Hall–Kier alpha value is -3.49. The zero-order chi connectivity index (χ0) is 22.7. The number of hydrogen-bond acceptors (Lipinski definition) is 5. The molecule has 3 aromatic carbocycles. The van der Waals surface area contributed by atoms with E-state index in [-0.39, 0.29) is 11.0 Å². The molecule has 0 aliphatic heterocycles. The minimum absolute atomic E-state index is 0.197. The summed E-state index contributed by atoms with van der Waals surface area (Å²) in [6.45, 7) is 2.07. The summed E-state index contributed by atoms with van der Waals surface area (Å²) < 4.78 is 5.18. The summed E-state index contributed by atoms with van der Waals surface area (Å²) in [6, 6.07) is 18.2. The number of nitrogens with zero attached hydrogens (tertiary/aromatic N) is 3. The Kier molecular flexibility index (Phi) is 6.34. The number of aromatic nitrogens is 3. The Morgan fingerprint density at radius 3 is 2.50 bits per heavy atom. The number of anilines is 1. The van der Waals surface area contributed by atoms with Gasteiger partial charge in [-0.25, -0.2) is 0 Å². The number of benzene rings is 3. The summed E-state index contributed by atoms with van der Waals surface area (Å²) in [7, 11) is 1.56. The number of hydrogen-bond donors (Lipinski definition) is 2. The van der Waals surface area contributed by atoms with E-state index in [1.807, 2.05) is 30.3 Å². The maximum atomic E-state index is 12.4. The Labute approximate surface area is 195 Å². The highest BCUT2D eigenvalue weighted by atomic mass is 35.5. The van der Waals surface area contributed by atoms with Crippen LogP contribution in [0.4, 0.5) is 5.69 Å². The molecule has 4 rings (SSSR count). The highest BCUT2D eigenvalue weighted by Gasteiger charge is 2.11. The van der Waals surface area contributed by atoms with Crippen LogP contribution in [0.15, 0.2) is 60.7 Å². The third kappa shape index (κ3) is 4.71. The van der Waals surface area contributed by atoms with Crippen LogP contribution < -0.4 is 15.4 Å². The number of ether oxygens (including phenoxy) is 1. The van der Waals surface area contributed by atoms with Crippen molar-refractivity contribution in [1.29, 1.82) is 0 Å². The molecule has 0 aliphatic rings. The average molecular weight is 466 g/mol. The van der Waals surface area contributed by atoms with Crippen LogP contribution in [0.3, 0.4) is 0 Å². The second-order valence-electron chi connectivity index (χ2n) is 6.97. The van der Waals surface area contributed by atoms with Gasteiger partial charge in [0.05, 0.1) is 17.8 Å². The van der Waals surface area contributed by atoms with Gasteiger partial charge in [0, 0.05) is 11.3 Å². The van der Waals surface area contributed by atoms with E-state index in [0.717, 1.165) is 6.42 Å². The van der Waals surface area contributed by atoms with Crippen LogP contribution in [0, 0.1) is 0 Å². The molecule has 7 nitrogen and oxygen atoms in total. The molecule has 0 unspecified atom stereocenters. The van der Waals surface area contributed by atoms with E-state index in [1.165, 1.54) is 10.4 Å². The maximum absolute atomic E-state index is 12.4. The first kappa shape index (κ1) is 21.7. The minimum Gasteiger partial charge on any atom is -0.495 e. The molecular weight excluding hydrogens is 446 g/mol. The Bertz CT molecular complexity index is 1300. The number of carbonyl (C=O) groups excluding carboxylic acids is 1. The summed E-state index contributed by atoms with van der Waals surface area (Å²) in [5.41, 5.74) is 4.46. The van der Waals surface area contributed by atoms with Crippen LogP contribution in [0.5, 0.6) is 5.75 Å². The van der Waals surface area contributed by atoms with E-state index < -0.39 is 0 Å². The van der Waals surface area contributed by atoms with Crippen molar-refractivity contribution >= 4 is 51.6 Å². The molecule has 0 radical (unpaired) electrons. The first-order valence-electron chi connectivity index (χ1n) is 9.89. The van der Waals surface area contributed by atoms with Crippen molar-refractivity contribution in [3.05, 3.63) is 76.8 Å². The number of nitrogens with one attached hydrogen (secondary N) is 2. The molecule has 0 aliphatic carbocycles. The van der Waals surface area contributed by atoms with Gasteiger partial charge in [0.15, 0.2) is 5.11 Å². The summed E-state index contributed by atoms with van der Waals surface area (Å²) in [4.78, 5) is 13.9. The van der Waals surface area contributed by atoms with Crippen LogP contribution >= 0.6 is 23.8 Å². The normalized spacial score (nSPS) is 10.7. The average Bonchev–Trinajstić information content (AvgIpc) is 3.22. The van der Waals surface area contributed by atoms with Gasteiger partial charge in [0.25, 0.3) is 5.91 Å². The molecule has 9 heteroatoms. The van der Waals surface area contributed by atoms with Crippen molar-refractivity contribution in [2.45, 2.75) is 13.3 Å². The second-order valence-corrected chi connectivity index (χ2v) is 7.79. The summed E-state index contributed by atoms with van der Waals surface area (Å²) in [6.07, 6.45) is 0.917. The van der Waals surface area contributed by atoms with Gasteiger partial charge < -0.3 is 10.1 Å². The Morgan fingerprint density at radius 2 is 1.81 bits per heavy atom. The smallest absolute Gasteiger partial charge is 0.257 e. The molecule has 0 spiro atoms. The van der Waals surface area contributed by atoms with Crippen molar-refractivity contribution < 1.29 is 9.53 Å². The molecule has 1 heterocycles. The number of amides is 1. The molecule has 1 amide bonds. The predicted octanol–water partition coefficient (Wildman–Crippen LogP) is 4.77. The fourth-order valence-electron chi connectivity index (χ4n) is 3.12. The number of methoxy groups -OCH3 is 1. The quantitative estimate of drug-likeness (QED) is 0.413. The van der Waals surface area contributed by atoms with Crippen molar-refractivity contribution in [2.24, 2.45) is 0 Å². The fourth-order valence-corrected chi connectivity index (χ4v) is 3.58. The molecule has 4 aromatic rings. The van der Waals surface area contributed by atoms with Crippen molar-refractivity contribution in [2.75, 3.05) is 12.4 Å². The number of halogens is 1. The second kappa shape index (κ2) is 9.33. The lowest BCUT2D eigenvalue weighted by Crippen LogP contribution is -2.34. The zero-order valence-corrected chi connectivity index (χ0v) is 19.0. The lowest BCUT2D eigenvalue weighted by Gasteiger charge is -2.09. The van der Waals surface area contributed by atoms with E-state index in [0.29, 0.717) is 38.7 Å². The predicted molar refractivity (Wildman–Crippen MR) is 130 cm³/mol. The van der Waals surface area contributed by atoms with Crippen LogP contribution in [0.2, 0.25) is 5.02 Å². The highest BCUT2D eigenvalue weighted by Crippen LogP contribution is 2.26. The van der Waals surface area contributed by atoms with Gasteiger partial charge in [-0.1, -0.05) is 30.7 Å². The summed E-state index contributed by atoms with van der Waals surface area (Å²) in [5, 5.41) is 15.4. The van der Waals surface area contributed by atoms with E-state index in [9.17, 15) is 4.79 Å². The molecular formula is C23H20ClN5O2S. The number of carbonyl (C=O) groups is 1. The van der Waals surface area contributed by atoms with Crippen molar-refractivity contribution in [1.82, 2.24) is 20.3 Å². The first-order chi connectivity index (χ1) is 15.5. The third-order valence-electron chi connectivity index (χ3n) is 4.86. The zero-order valence-electron chi connectivity index (χ0n) is 17.4. The molecule has 2 N–H and O–H groups in total. The molecule has 1 aromatic heterocycles. The lowest BCUT2D eigenvalue weighted by atomic mass is 10.1. The number of thiocarbonyl (C=S) groups is 1. The molecule has 0 saturated heterocycles. The summed E-state index contributed by atoms with van der Waals surface area (Å²) >= 11 is 11.5. The topological polar surface area (TPSA) is 81.1 Å². The van der Waals surface area contributed by atoms with E-state index in [2.05, 4.69) is 27.8 Å². The maximum Gasteiger partial charge on any atom is 0.257 e. The fraction of sp³-hybridized carbons (Fsp3) is 0.130. The van der Waals surface area contributed by atoms with Crippen LogP contribution in [-0.4, -0.2) is 33.1 Å². The largest absolute Gasteiger partial charge is 0.495 e. The first-order valence-corrected chi connectivity index (χ1v) is 10.7. The number of fused-ring (bicyclic) bond motifs is 1. The van der Waals surface area contributed by atoms with E-state index >= 15 is 0 Å². The summed E-state index contributed by atoms with van der Waals surface area (Å²) in [5.74, 6) is 0.309.